The molecule has 0 radical (unpaired) electrons. The summed E-state index contributed by atoms with van der Waals surface area (Å²) in [6, 6.07) is 28.7. The van der Waals surface area contributed by atoms with Crippen molar-refractivity contribution in [2.24, 2.45) is 5.16 Å². The zero-order chi connectivity index (χ0) is 31.6. The van der Waals surface area contributed by atoms with E-state index in [9.17, 15) is 9.90 Å². The van der Waals surface area contributed by atoms with Gasteiger partial charge in [-0.2, -0.15) is 0 Å². The molecule has 44 heavy (non-hydrogen) atoms. The fourth-order valence-electron chi connectivity index (χ4n) is 4.86. The third-order valence-corrected chi connectivity index (χ3v) is 7.94. The van der Waals surface area contributed by atoms with Crippen molar-refractivity contribution in [1.82, 2.24) is 9.88 Å². The van der Waals surface area contributed by atoms with Gasteiger partial charge in [-0.15, -0.1) is 11.3 Å². The number of nitrogens with two attached hydrogens (primary N) is 1. The molecule has 0 aliphatic rings. The van der Waals surface area contributed by atoms with E-state index in [2.05, 4.69) is 35.8 Å². The molecule has 8 heteroatoms. The van der Waals surface area contributed by atoms with Gasteiger partial charge >= 0.3 is 5.97 Å². The largest absolute Gasteiger partial charge is 0.476 e. The molecule has 3 aromatic carbocycles. The number of benzene rings is 3. The highest BCUT2D eigenvalue weighted by molar-refractivity contribution is 7.13. The van der Waals surface area contributed by atoms with Crippen molar-refractivity contribution in [2.75, 3.05) is 25.4 Å². The Morgan fingerprint density at radius 2 is 1.20 bits per heavy atom. The molecule has 0 aliphatic heterocycles. The number of carbonyl (C=O) groups is 1. The van der Waals surface area contributed by atoms with Crippen LogP contribution in [0.2, 0.25) is 0 Å². The first-order valence-corrected chi connectivity index (χ1v) is 16.4. The van der Waals surface area contributed by atoms with Crippen LogP contribution in [0.1, 0.15) is 81.7 Å². The number of carboxylic acids is 1. The van der Waals surface area contributed by atoms with Crippen LogP contribution in [0.5, 0.6) is 0 Å². The van der Waals surface area contributed by atoms with Crippen molar-refractivity contribution < 1.29 is 14.7 Å². The smallest absolute Gasteiger partial charge is 0.360 e. The van der Waals surface area contributed by atoms with Crippen LogP contribution >= 0.6 is 11.3 Å². The predicted molar refractivity (Wildman–Crippen MR) is 182 cm³/mol. The average Bonchev–Trinajstić information content (AvgIpc) is 3.49. The Bertz CT molecular complexity index is 1280. The molecule has 1 aromatic heterocycles. The normalized spacial score (nSPS) is 11.6. The van der Waals surface area contributed by atoms with E-state index in [0.29, 0.717) is 0 Å². The summed E-state index contributed by atoms with van der Waals surface area (Å²) in [6.07, 6.45) is 8.09. The van der Waals surface area contributed by atoms with Crippen molar-refractivity contribution in [1.29, 1.82) is 0 Å². The zero-order valence-electron chi connectivity index (χ0n) is 26.2. The first kappa shape index (κ1) is 34.5. The fraction of sp³-hybridized carbons (Fsp3) is 0.361. The summed E-state index contributed by atoms with van der Waals surface area (Å²) >= 11 is 1.14. The summed E-state index contributed by atoms with van der Waals surface area (Å²) in [6.45, 7) is 10.8. The molecular weight excluding hydrogens is 568 g/mol. The number of carboxylic acid groups (broad SMARTS) is 1. The van der Waals surface area contributed by atoms with Crippen molar-refractivity contribution in [3.8, 4) is 0 Å². The molecule has 1 heterocycles. The van der Waals surface area contributed by atoms with Crippen LogP contribution < -0.4 is 5.73 Å². The van der Waals surface area contributed by atoms with Crippen molar-refractivity contribution in [2.45, 2.75) is 64.9 Å². The summed E-state index contributed by atoms with van der Waals surface area (Å²) in [4.78, 5) is 24.8. The van der Waals surface area contributed by atoms with Gasteiger partial charge in [-0.3, -0.25) is 0 Å². The van der Waals surface area contributed by atoms with Gasteiger partial charge in [0.1, 0.15) is 5.69 Å². The minimum atomic E-state index is -1.26. The van der Waals surface area contributed by atoms with E-state index in [4.69, 9.17) is 10.6 Å². The maximum Gasteiger partial charge on any atom is 0.360 e. The molecule has 0 aliphatic carbocycles. The number of aromatic nitrogens is 1. The number of hydrogen-bond donors (Lipinski definition) is 2. The molecule has 0 bridgehead atoms. The molecule has 0 amide bonds. The van der Waals surface area contributed by atoms with Gasteiger partial charge in [0.25, 0.3) is 0 Å². The van der Waals surface area contributed by atoms with Crippen molar-refractivity contribution >= 4 is 28.1 Å². The van der Waals surface area contributed by atoms with Crippen LogP contribution in [-0.2, 0) is 15.2 Å². The number of rotatable bonds is 16. The van der Waals surface area contributed by atoms with Crippen LogP contribution in [0, 0.1) is 0 Å². The number of nitrogens with zero attached hydrogens (tertiary/aromatic N) is 3. The van der Waals surface area contributed by atoms with Crippen LogP contribution in [0.15, 0.2) is 102 Å². The molecule has 4 aromatic rings. The third-order valence-electron chi connectivity index (χ3n) is 7.27. The lowest BCUT2D eigenvalue weighted by Gasteiger charge is -2.33. The summed E-state index contributed by atoms with van der Waals surface area (Å²) in [5, 5.41) is 15.7. The molecule has 0 fully saturated rings. The number of nitrogen functional groups attached to an aromatic ring is 1. The minimum absolute atomic E-state index is 0.151. The van der Waals surface area contributed by atoms with Crippen LogP contribution in [-0.4, -0.2) is 46.3 Å². The highest BCUT2D eigenvalue weighted by Crippen LogP contribution is 2.40. The van der Waals surface area contributed by atoms with Gasteiger partial charge < -0.3 is 20.6 Å². The number of aliphatic carboxylic acids is 1. The number of oxime groups is 1. The summed E-state index contributed by atoms with van der Waals surface area (Å²) in [5.74, 6) is -1.26. The Morgan fingerprint density at radius 1 is 0.795 bits per heavy atom. The number of unbranched alkanes of at least 4 members (excludes halogenated alkanes) is 3. The summed E-state index contributed by atoms with van der Waals surface area (Å²) < 4.78 is 0. The van der Waals surface area contributed by atoms with E-state index in [1.807, 2.05) is 91.0 Å². The minimum Gasteiger partial charge on any atom is -0.476 e. The number of thiazole rings is 1. The molecule has 0 spiro atoms. The zero-order valence-corrected chi connectivity index (χ0v) is 27.0. The van der Waals surface area contributed by atoms with Gasteiger partial charge in [0.05, 0.1) is 0 Å². The van der Waals surface area contributed by atoms with Gasteiger partial charge in [0.15, 0.2) is 5.13 Å². The molecule has 3 N–H and O–H groups in total. The Hall–Kier alpha value is -4.01. The fourth-order valence-corrected chi connectivity index (χ4v) is 5.41. The van der Waals surface area contributed by atoms with Crippen LogP contribution in [0.25, 0.3) is 0 Å². The molecular formula is C36H46N4O3S. The summed E-state index contributed by atoms with van der Waals surface area (Å²) in [5.41, 5.74) is 6.76. The lowest BCUT2D eigenvalue weighted by atomic mass is 9.80. The monoisotopic (exact) mass is 614 g/mol. The maximum absolute atomic E-state index is 11.9. The van der Waals surface area contributed by atoms with Gasteiger partial charge in [-0.05, 0) is 38.9 Å². The molecule has 0 saturated carbocycles. The van der Waals surface area contributed by atoms with Crippen molar-refractivity contribution in [3.63, 3.8) is 0 Å². The molecule has 4 rings (SSSR count). The van der Waals surface area contributed by atoms with E-state index >= 15 is 0 Å². The number of hydrogen-bond acceptors (Lipinski definition) is 7. The average molecular weight is 615 g/mol. The lowest BCUT2D eigenvalue weighted by molar-refractivity contribution is -0.129. The third kappa shape index (κ3) is 9.76. The summed E-state index contributed by atoms with van der Waals surface area (Å²) in [7, 11) is 0. The second-order valence-corrected chi connectivity index (χ2v) is 11.5. The topological polar surface area (TPSA) is 101 Å². The standard InChI is InChI=1S/C24H19N3O3S.C12H27N/c25-23-26-20(16-31-23)21(22(28)29)27-30-24(17-10-4-1-5-11-17,18-12-6-2-7-13-18)19-14-8-3-9-15-19;1-4-7-10-13(11-8-5-2)12-9-6-3/h1-16H,(H2,25,26)(H,28,29);4-12H2,1-3H3. The molecule has 7 nitrogen and oxygen atoms in total. The van der Waals surface area contributed by atoms with Gasteiger partial charge in [-0.1, -0.05) is 136 Å². The van der Waals surface area contributed by atoms with E-state index < -0.39 is 11.6 Å². The van der Waals surface area contributed by atoms with E-state index in [1.54, 1.807) is 5.38 Å². The SMILES string of the molecule is CCCCN(CCCC)CCCC.Nc1nc(C(=NOC(c2ccccc2)(c2ccccc2)c2ccccc2)C(=O)O)cs1. The van der Waals surface area contributed by atoms with Crippen LogP contribution in [0.4, 0.5) is 5.13 Å². The van der Waals surface area contributed by atoms with Gasteiger partial charge in [-0.25, -0.2) is 9.78 Å². The van der Waals surface area contributed by atoms with Crippen molar-refractivity contribution in [3.05, 3.63) is 119 Å². The Labute approximate surface area is 266 Å². The molecule has 0 saturated heterocycles. The quantitative estimate of drug-likeness (QED) is 0.0749. The second-order valence-electron chi connectivity index (χ2n) is 10.6. The van der Waals surface area contributed by atoms with Gasteiger partial charge in [0, 0.05) is 22.1 Å². The van der Waals surface area contributed by atoms with Crippen LogP contribution in [0.3, 0.4) is 0 Å². The molecule has 0 unspecified atom stereocenters. The van der Waals surface area contributed by atoms with E-state index in [1.165, 1.54) is 58.2 Å². The number of anilines is 1. The predicted octanol–water partition coefficient (Wildman–Crippen LogP) is 8.21. The Balaban J connectivity index is 0.000000345. The highest BCUT2D eigenvalue weighted by atomic mass is 32.1. The highest BCUT2D eigenvalue weighted by Gasteiger charge is 2.40. The first-order chi connectivity index (χ1) is 21.5. The second kappa shape index (κ2) is 18.6. The maximum atomic E-state index is 11.9. The van der Waals surface area contributed by atoms with Gasteiger partial charge in [0.2, 0.25) is 11.3 Å². The first-order valence-electron chi connectivity index (χ1n) is 15.6. The lowest BCUT2D eigenvalue weighted by Crippen LogP contribution is -2.32. The molecule has 234 valence electrons. The Kier molecular flexibility index (Phi) is 14.6. The van der Waals surface area contributed by atoms with E-state index in [0.717, 1.165) is 28.0 Å². The Morgan fingerprint density at radius 3 is 1.52 bits per heavy atom. The molecule has 0 atom stereocenters. The van der Waals surface area contributed by atoms with E-state index in [-0.39, 0.29) is 16.5 Å².